The zero-order valence-corrected chi connectivity index (χ0v) is 20.2. The fraction of sp³-hybridized carbons (Fsp3) is 0.310. The Labute approximate surface area is 206 Å². The number of H-pyrrole nitrogens is 1. The van der Waals surface area contributed by atoms with E-state index >= 15 is 0 Å². The molecule has 2 aromatic carbocycles. The second-order valence-electron chi connectivity index (χ2n) is 9.15. The predicted octanol–water partition coefficient (Wildman–Crippen LogP) is 6.41. The van der Waals surface area contributed by atoms with Crippen molar-refractivity contribution in [2.45, 2.75) is 32.6 Å². The molecular weight excluding hydrogens is 434 g/mol. The summed E-state index contributed by atoms with van der Waals surface area (Å²) in [5.41, 5.74) is 6.32. The van der Waals surface area contributed by atoms with E-state index in [2.05, 4.69) is 45.3 Å². The van der Waals surface area contributed by atoms with Gasteiger partial charge in [-0.25, -0.2) is 0 Å². The molecule has 5 rings (SSSR count). The number of nitriles is 1. The topological polar surface area (TPSA) is 77.0 Å². The van der Waals surface area contributed by atoms with Gasteiger partial charge in [0.25, 0.3) is 0 Å². The lowest BCUT2D eigenvalue weighted by atomic mass is 10.0. The molecule has 0 unspecified atom stereocenters. The molecule has 1 aliphatic heterocycles. The van der Waals surface area contributed by atoms with Gasteiger partial charge in [0.05, 0.1) is 17.9 Å². The van der Waals surface area contributed by atoms with Crippen LogP contribution in [0.4, 0.5) is 11.4 Å². The summed E-state index contributed by atoms with van der Waals surface area (Å²) in [6.07, 6.45) is 10.4. The summed E-state index contributed by atoms with van der Waals surface area (Å²) in [5.74, 6) is 0.861. The van der Waals surface area contributed by atoms with E-state index in [0.717, 1.165) is 64.3 Å². The average molecular weight is 466 g/mol. The molecule has 1 aliphatic rings. The van der Waals surface area contributed by atoms with Crippen molar-refractivity contribution in [3.8, 4) is 22.9 Å². The molecule has 0 amide bonds. The van der Waals surface area contributed by atoms with Crippen LogP contribution in [0, 0.1) is 18.3 Å². The maximum Gasteiger partial charge on any atom is 0.119 e. The van der Waals surface area contributed by atoms with Crippen LogP contribution in [0.15, 0.2) is 61.1 Å². The maximum absolute atomic E-state index is 9.78. The van der Waals surface area contributed by atoms with E-state index in [1.54, 1.807) is 6.20 Å². The number of hydrogen-bond donors (Lipinski definition) is 2. The van der Waals surface area contributed by atoms with E-state index in [9.17, 15) is 5.26 Å². The van der Waals surface area contributed by atoms with Crippen LogP contribution in [0.25, 0.3) is 22.0 Å². The Morgan fingerprint density at radius 3 is 2.69 bits per heavy atom. The quantitative estimate of drug-likeness (QED) is 0.294. The molecule has 0 bridgehead atoms. The zero-order chi connectivity index (χ0) is 24.0. The maximum atomic E-state index is 9.78. The van der Waals surface area contributed by atoms with E-state index in [1.807, 2.05) is 42.7 Å². The number of pyridine rings is 1. The van der Waals surface area contributed by atoms with E-state index < -0.39 is 0 Å². The molecule has 3 heterocycles. The van der Waals surface area contributed by atoms with Crippen molar-refractivity contribution in [2.75, 3.05) is 31.6 Å². The predicted molar refractivity (Wildman–Crippen MR) is 141 cm³/mol. The molecule has 6 nitrogen and oxygen atoms in total. The van der Waals surface area contributed by atoms with Gasteiger partial charge in [-0.3, -0.25) is 4.98 Å². The number of rotatable bonds is 8. The third-order valence-electron chi connectivity index (χ3n) is 6.83. The molecule has 1 fully saturated rings. The molecule has 2 aromatic heterocycles. The van der Waals surface area contributed by atoms with Gasteiger partial charge in [0, 0.05) is 47.3 Å². The molecule has 1 saturated heterocycles. The first-order valence-electron chi connectivity index (χ1n) is 12.4. The largest absolute Gasteiger partial charge is 0.494 e. The minimum absolute atomic E-state index is 0.508. The molecule has 4 aromatic rings. The van der Waals surface area contributed by atoms with Gasteiger partial charge in [-0.1, -0.05) is 18.6 Å². The number of ether oxygens (including phenoxy) is 1. The lowest BCUT2D eigenvalue weighted by Gasteiger charge is -2.26. The van der Waals surface area contributed by atoms with Crippen LogP contribution < -0.4 is 10.1 Å². The number of hydrogen-bond acceptors (Lipinski definition) is 5. The van der Waals surface area contributed by atoms with Gasteiger partial charge < -0.3 is 19.9 Å². The molecule has 6 heteroatoms. The molecule has 0 spiro atoms. The Kier molecular flexibility index (Phi) is 6.97. The summed E-state index contributed by atoms with van der Waals surface area (Å²) in [6.45, 7) is 6.35. The van der Waals surface area contributed by atoms with Crippen LogP contribution in [0.2, 0.25) is 0 Å². The number of nitrogens with zero attached hydrogens (tertiary/aromatic N) is 3. The van der Waals surface area contributed by atoms with Gasteiger partial charge in [-0.15, -0.1) is 0 Å². The Balaban J connectivity index is 1.31. The van der Waals surface area contributed by atoms with Crippen LogP contribution in [-0.4, -0.2) is 41.1 Å². The van der Waals surface area contributed by atoms with Crippen molar-refractivity contribution in [1.82, 2.24) is 14.9 Å². The lowest BCUT2D eigenvalue weighted by Crippen LogP contribution is -2.31. The van der Waals surface area contributed by atoms with Gasteiger partial charge in [-0.05, 0) is 80.7 Å². The van der Waals surface area contributed by atoms with Crippen LogP contribution >= 0.6 is 0 Å². The van der Waals surface area contributed by atoms with Crippen LogP contribution in [-0.2, 0) is 0 Å². The monoisotopic (exact) mass is 465 g/mol. The summed E-state index contributed by atoms with van der Waals surface area (Å²) in [5, 5.41) is 14.5. The van der Waals surface area contributed by atoms with E-state index in [-0.39, 0.29) is 0 Å². The number of aromatic nitrogens is 2. The molecule has 0 atom stereocenters. The van der Waals surface area contributed by atoms with Crippen LogP contribution in [0.1, 0.15) is 36.8 Å². The van der Waals surface area contributed by atoms with E-state index in [0.29, 0.717) is 5.56 Å². The number of aryl methyl sites for hydroxylation is 1. The molecular formula is C29H31N5O. The van der Waals surface area contributed by atoms with E-state index in [1.165, 1.54) is 32.4 Å². The first-order valence-corrected chi connectivity index (χ1v) is 12.4. The fourth-order valence-electron chi connectivity index (χ4n) is 4.84. The van der Waals surface area contributed by atoms with Crippen molar-refractivity contribution in [3.05, 3.63) is 72.2 Å². The first-order chi connectivity index (χ1) is 17.2. The minimum atomic E-state index is 0.508. The number of likely N-dealkylation sites (tertiary alicyclic amines) is 1. The molecule has 35 heavy (non-hydrogen) atoms. The molecule has 0 aliphatic carbocycles. The SMILES string of the molecule is Cc1c(Nc2c(C#N)cncc2-c2ccc(OCCCN3CCCCC3)cc2)ccc2[nH]ccc12. The van der Waals surface area contributed by atoms with Crippen molar-refractivity contribution in [1.29, 1.82) is 5.26 Å². The second kappa shape index (κ2) is 10.6. The second-order valence-corrected chi connectivity index (χ2v) is 9.15. The first kappa shape index (κ1) is 22.9. The summed E-state index contributed by atoms with van der Waals surface area (Å²) in [7, 11) is 0. The standard InChI is InChI=1S/C29H31N5O/c1-21-25-12-13-32-28(25)11-10-27(21)33-29-23(18-30)19-31-20-26(29)22-6-8-24(9-7-22)35-17-5-16-34-14-3-2-4-15-34/h6-13,19-20,32H,2-5,14-17H2,1H3,(H,31,33). The fourth-order valence-corrected chi connectivity index (χ4v) is 4.84. The van der Waals surface area contributed by atoms with Gasteiger partial charge in [0.2, 0.25) is 0 Å². The van der Waals surface area contributed by atoms with Crippen molar-refractivity contribution in [3.63, 3.8) is 0 Å². The third-order valence-corrected chi connectivity index (χ3v) is 6.83. The average Bonchev–Trinajstić information content (AvgIpc) is 3.39. The van der Waals surface area contributed by atoms with Crippen molar-refractivity contribution in [2.24, 2.45) is 0 Å². The number of aromatic amines is 1. The smallest absolute Gasteiger partial charge is 0.119 e. The highest BCUT2D eigenvalue weighted by Crippen LogP contribution is 2.35. The Bertz CT molecular complexity index is 1330. The van der Waals surface area contributed by atoms with Crippen LogP contribution in [0.3, 0.4) is 0 Å². The van der Waals surface area contributed by atoms with Crippen LogP contribution in [0.5, 0.6) is 5.75 Å². The normalized spacial score (nSPS) is 14.1. The Hall–Kier alpha value is -3.82. The minimum Gasteiger partial charge on any atom is -0.494 e. The summed E-state index contributed by atoms with van der Waals surface area (Å²) in [4.78, 5) is 10.1. The number of benzene rings is 2. The zero-order valence-electron chi connectivity index (χ0n) is 20.2. The molecule has 0 saturated carbocycles. The van der Waals surface area contributed by atoms with E-state index in [4.69, 9.17) is 4.74 Å². The number of nitrogens with one attached hydrogen (secondary N) is 2. The Morgan fingerprint density at radius 1 is 1.06 bits per heavy atom. The third kappa shape index (κ3) is 5.16. The highest BCUT2D eigenvalue weighted by molar-refractivity contribution is 5.91. The number of anilines is 2. The molecule has 178 valence electrons. The lowest BCUT2D eigenvalue weighted by molar-refractivity contribution is 0.205. The van der Waals surface area contributed by atoms with Gasteiger partial charge in [0.1, 0.15) is 11.8 Å². The van der Waals surface area contributed by atoms with Gasteiger partial charge >= 0.3 is 0 Å². The summed E-state index contributed by atoms with van der Waals surface area (Å²) >= 11 is 0. The van der Waals surface area contributed by atoms with Crippen molar-refractivity contribution < 1.29 is 4.74 Å². The summed E-state index contributed by atoms with van der Waals surface area (Å²) in [6, 6.07) is 16.5. The Morgan fingerprint density at radius 2 is 1.89 bits per heavy atom. The highest BCUT2D eigenvalue weighted by atomic mass is 16.5. The summed E-state index contributed by atoms with van der Waals surface area (Å²) < 4.78 is 5.99. The molecule has 0 radical (unpaired) electrons. The number of fused-ring (bicyclic) bond motifs is 1. The number of piperidine rings is 1. The van der Waals surface area contributed by atoms with Crippen molar-refractivity contribution >= 4 is 22.3 Å². The van der Waals surface area contributed by atoms with Gasteiger partial charge in [-0.2, -0.15) is 5.26 Å². The van der Waals surface area contributed by atoms with Gasteiger partial charge in [0.15, 0.2) is 0 Å². The highest BCUT2D eigenvalue weighted by Gasteiger charge is 2.14. The molecule has 2 N–H and O–H groups in total.